The second kappa shape index (κ2) is 8.23. The Morgan fingerprint density at radius 1 is 1.33 bits per heavy atom. The van der Waals surface area contributed by atoms with Crippen LogP contribution >= 0.6 is 0 Å². The van der Waals surface area contributed by atoms with Gasteiger partial charge in [0.25, 0.3) is 5.91 Å². The van der Waals surface area contributed by atoms with E-state index in [2.05, 4.69) is 21.8 Å². The van der Waals surface area contributed by atoms with E-state index in [0.29, 0.717) is 17.5 Å². The Bertz CT molecular complexity index is 782. The number of carbonyl (C=O) groups is 1. The minimum atomic E-state index is -0.0835. The fourth-order valence-corrected chi connectivity index (χ4v) is 3.77. The molecule has 6 nitrogen and oxygen atoms in total. The minimum Gasteiger partial charge on any atom is -0.381 e. The highest BCUT2D eigenvalue weighted by molar-refractivity contribution is 6.04. The summed E-state index contributed by atoms with van der Waals surface area (Å²) < 4.78 is 7.22. The van der Waals surface area contributed by atoms with Gasteiger partial charge in [0, 0.05) is 43.5 Å². The molecular weight excluding hydrogens is 340 g/mol. The Morgan fingerprint density at radius 3 is 2.96 bits per heavy atom. The summed E-state index contributed by atoms with van der Waals surface area (Å²) in [7, 11) is 0. The molecule has 2 aliphatic rings. The zero-order valence-electron chi connectivity index (χ0n) is 15.9. The van der Waals surface area contributed by atoms with E-state index in [-0.39, 0.29) is 5.91 Å². The van der Waals surface area contributed by atoms with Gasteiger partial charge in [-0.1, -0.05) is 12.1 Å². The summed E-state index contributed by atoms with van der Waals surface area (Å²) in [6, 6.07) is 8.55. The van der Waals surface area contributed by atoms with Gasteiger partial charge in [0.15, 0.2) is 0 Å². The van der Waals surface area contributed by atoms with Gasteiger partial charge in [0.05, 0.1) is 11.9 Å². The monoisotopic (exact) mass is 368 g/mol. The lowest BCUT2D eigenvalue weighted by Crippen LogP contribution is -2.29. The van der Waals surface area contributed by atoms with E-state index in [1.807, 2.05) is 31.3 Å². The van der Waals surface area contributed by atoms with Gasteiger partial charge >= 0.3 is 0 Å². The molecule has 27 heavy (non-hydrogen) atoms. The Hall–Kier alpha value is -2.18. The molecule has 2 aromatic rings. The molecule has 6 heteroatoms. The molecule has 2 atom stereocenters. The Kier molecular flexibility index (Phi) is 5.55. The average Bonchev–Trinajstić information content (AvgIpc) is 3.36. The quantitative estimate of drug-likeness (QED) is 0.788. The van der Waals surface area contributed by atoms with Crippen molar-refractivity contribution in [1.82, 2.24) is 15.1 Å². The second-order valence-electron chi connectivity index (χ2n) is 7.58. The normalized spacial score (nSPS) is 22.6. The number of ether oxygens (including phenoxy) is 1. The standard InChI is InChI=1S/C21H28N4O2/c1-2-25-14-18(13-23-25)24-21(26)17-5-3-4-16(10-17)19-11-20(19)22-12-15-6-8-27-9-7-15/h3-5,10,13-15,19-20,22H,2,6-9,11-12H2,1H3,(H,24,26). The first-order chi connectivity index (χ1) is 13.2. The van der Waals surface area contributed by atoms with Gasteiger partial charge in [-0.05, 0) is 56.3 Å². The maximum Gasteiger partial charge on any atom is 0.255 e. The number of anilines is 1. The predicted molar refractivity (Wildman–Crippen MR) is 105 cm³/mol. The highest BCUT2D eigenvalue weighted by Gasteiger charge is 2.38. The summed E-state index contributed by atoms with van der Waals surface area (Å²) >= 11 is 0. The van der Waals surface area contributed by atoms with E-state index >= 15 is 0 Å². The molecular formula is C21H28N4O2. The van der Waals surface area contributed by atoms with Gasteiger partial charge in [-0.3, -0.25) is 9.48 Å². The number of benzene rings is 1. The second-order valence-corrected chi connectivity index (χ2v) is 7.58. The number of aromatic nitrogens is 2. The minimum absolute atomic E-state index is 0.0835. The molecule has 2 fully saturated rings. The van der Waals surface area contributed by atoms with E-state index in [0.717, 1.165) is 57.2 Å². The number of nitrogens with zero attached hydrogens (tertiary/aromatic N) is 2. The fourth-order valence-electron chi connectivity index (χ4n) is 3.77. The first-order valence-corrected chi connectivity index (χ1v) is 9.98. The van der Waals surface area contributed by atoms with Crippen molar-refractivity contribution in [3.63, 3.8) is 0 Å². The van der Waals surface area contributed by atoms with Crippen LogP contribution in [0.4, 0.5) is 5.69 Å². The summed E-state index contributed by atoms with van der Waals surface area (Å²) in [5.41, 5.74) is 2.68. The lowest BCUT2D eigenvalue weighted by atomic mass is 10.0. The molecule has 1 aromatic heterocycles. The van der Waals surface area contributed by atoms with Gasteiger partial charge < -0.3 is 15.4 Å². The molecule has 1 amide bonds. The summed E-state index contributed by atoms with van der Waals surface area (Å²) in [4.78, 5) is 12.5. The Labute approximate surface area is 160 Å². The van der Waals surface area contributed by atoms with Crippen LogP contribution in [0.15, 0.2) is 36.7 Å². The van der Waals surface area contributed by atoms with Crippen molar-refractivity contribution in [2.24, 2.45) is 5.92 Å². The number of aryl methyl sites for hydroxylation is 1. The molecule has 2 N–H and O–H groups in total. The topological polar surface area (TPSA) is 68.2 Å². The number of carbonyl (C=O) groups excluding carboxylic acids is 1. The van der Waals surface area contributed by atoms with Gasteiger partial charge in [-0.25, -0.2) is 0 Å². The van der Waals surface area contributed by atoms with E-state index in [9.17, 15) is 4.79 Å². The largest absolute Gasteiger partial charge is 0.381 e. The molecule has 0 bridgehead atoms. The lowest BCUT2D eigenvalue weighted by Gasteiger charge is -2.22. The zero-order valence-corrected chi connectivity index (χ0v) is 15.9. The van der Waals surface area contributed by atoms with Crippen LogP contribution in [-0.4, -0.2) is 41.5 Å². The van der Waals surface area contributed by atoms with Crippen LogP contribution in [0.3, 0.4) is 0 Å². The third-order valence-corrected chi connectivity index (χ3v) is 5.59. The molecule has 1 aliphatic heterocycles. The lowest BCUT2D eigenvalue weighted by molar-refractivity contribution is 0.0662. The van der Waals surface area contributed by atoms with Crippen LogP contribution in [0.25, 0.3) is 0 Å². The zero-order chi connectivity index (χ0) is 18.6. The number of hydrogen-bond acceptors (Lipinski definition) is 4. The molecule has 4 rings (SSSR count). The highest BCUT2D eigenvalue weighted by Crippen LogP contribution is 2.41. The van der Waals surface area contributed by atoms with Crippen LogP contribution < -0.4 is 10.6 Å². The maximum atomic E-state index is 12.5. The van der Waals surface area contributed by atoms with Crippen LogP contribution in [-0.2, 0) is 11.3 Å². The third kappa shape index (κ3) is 4.57. The van der Waals surface area contributed by atoms with Crippen molar-refractivity contribution >= 4 is 11.6 Å². The van der Waals surface area contributed by atoms with Crippen LogP contribution in [0.1, 0.15) is 48.0 Å². The Balaban J connectivity index is 1.31. The molecule has 1 saturated carbocycles. The molecule has 0 radical (unpaired) electrons. The fraction of sp³-hybridized carbons (Fsp3) is 0.524. The van der Waals surface area contributed by atoms with Gasteiger partial charge in [0.2, 0.25) is 0 Å². The van der Waals surface area contributed by atoms with E-state index in [4.69, 9.17) is 4.74 Å². The molecule has 2 heterocycles. The van der Waals surface area contributed by atoms with Gasteiger partial charge in [-0.15, -0.1) is 0 Å². The smallest absolute Gasteiger partial charge is 0.255 e. The van der Waals surface area contributed by atoms with Crippen LogP contribution in [0.2, 0.25) is 0 Å². The number of hydrogen-bond donors (Lipinski definition) is 2. The van der Waals surface area contributed by atoms with E-state index in [1.54, 1.807) is 10.9 Å². The van der Waals surface area contributed by atoms with Gasteiger partial charge in [0.1, 0.15) is 0 Å². The molecule has 2 unspecified atom stereocenters. The summed E-state index contributed by atoms with van der Waals surface area (Å²) in [6.45, 7) is 5.68. The first-order valence-electron chi connectivity index (χ1n) is 9.98. The summed E-state index contributed by atoms with van der Waals surface area (Å²) in [5, 5.41) is 10.8. The molecule has 144 valence electrons. The number of amides is 1. The predicted octanol–water partition coefficient (Wildman–Crippen LogP) is 3.03. The van der Waals surface area contributed by atoms with Crippen LogP contribution in [0.5, 0.6) is 0 Å². The highest BCUT2D eigenvalue weighted by atomic mass is 16.5. The van der Waals surface area contributed by atoms with Crippen LogP contribution in [0, 0.1) is 5.92 Å². The van der Waals surface area contributed by atoms with E-state index < -0.39 is 0 Å². The SMILES string of the molecule is CCn1cc(NC(=O)c2cccc(C3CC3NCC3CCOCC3)c2)cn1. The molecule has 0 spiro atoms. The molecule has 1 aliphatic carbocycles. The number of rotatable bonds is 7. The van der Waals surface area contributed by atoms with Gasteiger partial charge in [-0.2, -0.15) is 5.10 Å². The number of nitrogens with one attached hydrogen (secondary N) is 2. The van der Waals surface area contributed by atoms with E-state index in [1.165, 1.54) is 5.56 Å². The van der Waals surface area contributed by atoms with Crippen molar-refractivity contribution in [1.29, 1.82) is 0 Å². The first kappa shape index (κ1) is 18.2. The van der Waals surface area contributed by atoms with Crippen molar-refractivity contribution < 1.29 is 9.53 Å². The van der Waals surface area contributed by atoms with Crippen molar-refractivity contribution in [3.8, 4) is 0 Å². The summed E-state index contributed by atoms with van der Waals surface area (Å²) in [6.07, 6.45) is 7.00. The molecule has 1 saturated heterocycles. The van der Waals surface area contributed by atoms with Crippen molar-refractivity contribution in [2.75, 3.05) is 25.1 Å². The Morgan fingerprint density at radius 2 is 2.19 bits per heavy atom. The summed E-state index contributed by atoms with van der Waals surface area (Å²) in [5.74, 6) is 1.17. The maximum absolute atomic E-state index is 12.5. The van der Waals surface area contributed by atoms with Crippen molar-refractivity contribution in [3.05, 3.63) is 47.8 Å². The molecule has 1 aromatic carbocycles. The third-order valence-electron chi connectivity index (χ3n) is 5.59. The average molecular weight is 368 g/mol. The van der Waals surface area contributed by atoms with Crippen molar-refractivity contribution in [2.45, 2.75) is 44.7 Å².